The fourth-order valence-corrected chi connectivity index (χ4v) is 3.00. The molecule has 0 spiro atoms. The molecule has 8 heteroatoms. The first kappa shape index (κ1) is 15.9. The Bertz CT molecular complexity index is 560. The van der Waals surface area contributed by atoms with E-state index in [2.05, 4.69) is 4.98 Å². The third kappa shape index (κ3) is 3.89. The molecule has 1 aromatic heterocycles. The van der Waals surface area contributed by atoms with E-state index in [1.54, 1.807) is 21.0 Å². The Hall–Kier alpha value is -1.18. The number of hydrogen-bond donors (Lipinski definition) is 0. The maximum Gasteiger partial charge on any atom is 0.243 e. The molecule has 1 amide bonds. The van der Waals surface area contributed by atoms with E-state index in [1.807, 2.05) is 0 Å². The van der Waals surface area contributed by atoms with Gasteiger partial charge in [-0.25, -0.2) is 13.4 Å². The molecule has 0 radical (unpaired) electrons. The third-order valence-electron chi connectivity index (χ3n) is 2.50. The van der Waals surface area contributed by atoms with Crippen molar-refractivity contribution in [3.05, 3.63) is 23.5 Å². The number of aromatic nitrogens is 1. The normalized spacial score (nSPS) is 11.6. The van der Waals surface area contributed by atoms with E-state index in [0.29, 0.717) is 0 Å². The van der Waals surface area contributed by atoms with Crippen LogP contribution >= 0.6 is 11.6 Å². The van der Waals surface area contributed by atoms with Crippen LogP contribution in [0.25, 0.3) is 0 Å². The predicted molar refractivity (Wildman–Crippen MR) is 72.4 cm³/mol. The molecule has 0 N–H and O–H groups in total. The molecular weight excluding hydrogens is 290 g/mol. The molecule has 0 atom stereocenters. The molecule has 0 unspecified atom stereocenters. The average Bonchev–Trinajstić information content (AvgIpc) is 2.35. The lowest BCUT2D eigenvalue weighted by Crippen LogP contribution is -2.40. The van der Waals surface area contributed by atoms with Crippen LogP contribution in [0.4, 0.5) is 0 Å². The lowest BCUT2D eigenvalue weighted by molar-refractivity contribution is -0.128. The van der Waals surface area contributed by atoms with E-state index >= 15 is 0 Å². The second-order valence-corrected chi connectivity index (χ2v) is 6.36. The van der Waals surface area contributed by atoms with Crippen molar-refractivity contribution in [2.45, 2.75) is 11.8 Å². The van der Waals surface area contributed by atoms with Crippen molar-refractivity contribution in [3.8, 4) is 0 Å². The number of rotatable bonds is 5. The SMILES string of the molecule is CCN(CC(=O)N(C)C)S(=O)(=O)c1ccnc(Cl)c1. The standard InChI is InChI=1S/C11H16ClN3O3S/c1-4-15(8-11(16)14(2)3)19(17,18)9-5-6-13-10(12)7-9/h5-7H,4,8H2,1-3H3. The van der Waals surface area contributed by atoms with Gasteiger partial charge in [-0.1, -0.05) is 18.5 Å². The van der Waals surface area contributed by atoms with Gasteiger partial charge in [0.25, 0.3) is 0 Å². The van der Waals surface area contributed by atoms with E-state index in [0.717, 1.165) is 4.31 Å². The summed E-state index contributed by atoms with van der Waals surface area (Å²) in [5, 5.41) is 0.0936. The van der Waals surface area contributed by atoms with Crippen LogP contribution in [0, 0.1) is 0 Å². The molecule has 1 aromatic rings. The van der Waals surface area contributed by atoms with Crippen molar-refractivity contribution < 1.29 is 13.2 Å². The summed E-state index contributed by atoms with van der Waals surface area (Å²) in [7, 11) is -0.590. The van der Waals surface area contributed by atoms with Crippen LogP contribution in [0.1, 0.15) is 6.92 Å². The van der Waals surface area contributed by atoms with E-state index in [4.69, 9.17) is 11.6 Å². The monoisotopic (exact) mass is 305 g/mol. The highest BCUT2D eigenvalue weighted by atomic mass is 35.5. The molecular formula is C11H16ClN3O3S. The molecule has 0 fully saturated rings. The molecule has 1 rings (SSSR count). The quantitative estimate of drug-likeness (QED) is 0.756. The maximum atomic E-state index is 12.3. The first-order valence-electron chi connectivity index (χ1n) is 5.61. The fourth-order valence-electron chi connectivity index (χ4n) is 1.35. The highest BCUT2D eigenvalue weighted by molar-refractivity contribution is 7.89. The molecule has 19 heavy (non-hydrogen) atoms. The second-order valence-electron chi connectivity index (χ2n) is 4.03. The number of hydrogen-bond acceptors (Lipinski definition) is 4. The Labute approximate surface area is 118 Å². The Morgan fingerprint density at radius 1 is 1.42 bits per heavy atom. The summed E-state index contributed by atoms with van der Waals surface area (Å²) in [5.74, 6) is -0.287. The van der Waals surface area contributed by atoms with Gasteiger partial charge in [0.05, 0.1) is 11.4 Å². The molecule has 0 bridgehead atoms. The number of amides is 1. The molecule has 1 heterocycles. The van der Waals surface area contributed by atoms with Crippen LogP contribution in [0.5, 0.6) is 0 Å². The number of carbonyl (C=O) groups excluding carboxylic acids is 1. The minimum Gasteiger partial charge on any atom is -0.348 e. The van der Waals surface area contributed by atoms with Crippen molar-refractivity contribution in [2.24, 2.45) is 0 Å². The van der Waals surface area contributed by atoms with Gasteiger partial charge in [-0.05, 0) is 12.1 Å². The summed E-state index contributed by atoms with van der Waals surface area (Å²) in [5.41, 5.74) is 0. The van der Waals surface area contributed by atoms with E-state index in [1.165, 1.54) is 23.2 Å². The van der Waals surface area contributed by atoms with Crippen molar-refractivity contribution in [3.63, 3.8) is 0 Å². The van der Waals surface area contributed by atoms with Crippen LogP contribution in [-0.4, -0.2) is 55.7 Å². The minimum atomic E-state index is -3.74. The zero-order valence-electron chi connectivity index (χ0n) is 11.0. The molecule has 0 aromatic carbocycles. The fraction of sp³-hybridized carbons (Fsp3) is 0.455. The molecule has 106 valence electrons. The zero-order valence-corrected chi connectivity index (χ0v) is 12.6. The highest BCUT2D eigenvalue weighted by Crippen LogP contribution is 2.17. The largest absolute Gasteiger partial charge is 0.348 e. The topological polar surface area (TPSA) is 70.6 Å². The Morgan fingerprint density at radius 2 is 2.05 bits per heavy atom. The summed E-state index contributed by atoms with van der Waals surface area (Å²) in [6, 6.07) is 2.61. The highest BCUT2D eigenvalue weighted by Gasteiger charge is 2.26. The number of sulfonamides is 1. The minimum absolute atomic E-state index is 0.0286. The summed E-state index contributed by atoms with van der Waals surface area (Å²) < 4.78 is 25.8. The van der Waals surface area contributed by atoms with Gasteiger partial charge in [0, 0.05) is 26.8 Å². The molecule has 0 aliphatic heterocycles. The second kappa shape index (κ2) is 6.31. The average molecular weight is 306 g/mol. The lowest BCUT2D eigenvalue weighted by Gasteiger charge is -2.21. The van der Waals surface area contributed by atoms with E-state index in [-0.39, 0.29) is 29.0 Å². The molecule has 0 aliphatic carbocycles. The number of carbonyl (C=O) groups is 1. The Kier molecular flexibility index (Phi) is 5.28. The van der Waals surface area contributed by atoms with Crippen molar-refractivity contribution in [1.29, 1.82) is 0 Å². The van der Waals surface area contributed by atoms with Gasteiger partial charge < -0.3 is 4.90 Å². The van der Waals surface area contributed by atoms with Crippen LogP contribution in [0.15, 0.2) is 23.2 Å². The van der Waals surface area contributed by atoms with Gasteiger partial charge in [0.2, 0.25) is 15.9 Å². The van der Waals surface area contributed by atoms with Gasteiger partial charge >= 0.3 is 0 Å². The number of halogens is 1. The van der Waals surface area contributed by atoms with Crippen LogP contribution in [0.2, 0.25) is 5.15 Å². The van der Waals surface area contributed by atoms with E-state index < -0.39 is 10.0 Å². The van der Waals surface area contributed by atoms with Crippen molar-refractivity contribution >= 4 is 27.5 Å². The molecule has 0 aliphatic rings. The Balaban J connectivity index is 3.06. The Morgan fingerprint density at radius 3 is 2.53 bits per heavy atom. The van der Waals surface area contributed by atoms with E-state index in [9.17, 15) is 13.2 Å². The van der Waals surface area contributed by atoms with Crippen LogP contribution in [-0.2, 0) is 14.8 Å². The third-order valence-corrected chi connectivity index (χ3v) is 4.62. The van der Waals surface area contributed by atoms with Gasteiger partial charge in [0.1, 0.15) is 5.15 Å². The first-order valence-corrected chi connectivity index (χ1v) is 7.42. The van der Waals surface area contributed by atoms with Crippen LogP contribution < -0.4 is 0 Å². The van der Waals surface area contributed by atoms with Crippen molar-refractivity contribution in [1.82, 2.24) is 14.2 Å². The van der Waals surface area contributed by atoms with Gasteiger partial charge in [-0.15, -0.1) is 0 Å². The lowest BCUT2D eigenvalue weighted by atomic mass is 10.5. The van der Waals surface area contributed by atoms with Gasteiger partial charge in [0.15, 0.2) is 0 Å². The maximum absolute atomic E-state index is 12.3. The summed E-state index contributed by atoms with van der Waals surface area (Å²) >= 11 is 5.69. The molecule has 0 saturated heterocycles. The predicted octanol–water partition coefficient (Wildman–Crippen LogP) is 0.834. The number of nitrogens with zero attached hydrogens (tertiary/aromatic N) is 3. The zero-order chi connectivity index (χ0) is 14.6. The van der Waals surface area contributed by atoms with Crippen LogP contribution in [0.3, 0.4) is 0 Å². The summed E-state index contributed by atoms with van der Waals surface area (Å²) in [6.07, 6.45) is 1.32. The number of pyridine rings is 1. The smallest absolute Gasteiger partial charge is 0.243 e. The van der Waals surface area contributed by atoms with Gasteiger partial charge in [-0.2, -0.15) is 4.31 Å². The molecule has 0 saturated carbocycles. The van der Waals surface area contributed by atoms with Crippen molar-refractivity contribution in [2.75, 3.05) is 27.2 Å². The first-order chi connectivity index (χ1) is 8.78. The number of likely N-dealkylation sites (N-methyl/N-ethyl adjacent to an activating group) is 2. The van der Waals surface area contributed by atoms with Gasteiger partial charge in [-0.3, -0.25) is 4.79 Å². The summed E-state index contributed by atoms with van der Waals surface area (Å²) in [4.78, 5) is 16.7. The summed E-state index contributed by atoms with van der Waals surface area (Å²) in [6.45, 7) is 1.66. The molecule has 6 nitrogen and oxygen atoms in total.